The second-order valence-electron chi connectivity index (χ2n) is 5.16. The molecule has 0 unspecified atom stereocenters. The first-order valence-corrected chi connectivity index (χ1v) is 7.25. The summed E-state index contributed by atoms with van der Waals surface area (Å²) in [7, 11) is 0. The highest BCUT2D eigenvalue weighted by Gasteiger charge is 2.30. The van der Waals surface area contributed by atoms with Gasteiger partial charge in [-0.1, -0.05) is 19.3 Å². The lowest BCUT2D eigenvalue weighted by Gasteiger charge is -2.22. The van der Waals surface area contributed by atoms with Gasteiger partial charge in [0.05, 0.1) is 0 Å². The van der Waals surface area contributed by atoms with Gasteiger partial charge in [-0.05, 0) is 37.1 Å². The SMILES string of the molecule is FC(F)(F)Oc1ccc(OCCNC2CCCCC2)cc1. The fourth-order valence-corrected chi connectivity index (χ4v) is 2.48. The zero-order chi connectivity index (χ0) is 15.1. The van der Waals surface area contributed by atoms with E-state index >= 15 is 0 Å². The Bertz CT molecular complexity index is 414. The van der Waals surface area contributed by atoms with Crippen molar-refractivity contribution in [3.8, 4) is 11.5 Å². The maximum Gasteiger partial charge on any atom is 0.573 e. The van der Waals surface area contributed by atoms with Gasteiger partial charge >= 0.3 is 6.36 Å². The molecule has 1 aromatic carbocycles. The van der Waals surface area contributed by atoms with E-state index in [0.29, 0.717) is 18.4 Å². The highest BCUT2D eigenvalue weighted by Crippen LogP contribution is 2.24. The van der Waals surface area contributed by atoms with E-state index in [-0.39, 0.29) is 5.75 Å². The topological polar surface area (TPSA) is 30.5 Å². The van der Waals surface area contributed by atoms with Gasteiger partial charge in [0, 0.05) is 12.6 Å². The molecule has 118 valence electrons. The van der Waals surface area contributed by atoms with Crippen molar-refractivity contribution >= 4 is 0 Å². The fourth-order valence-electron chi connectivity index (χ4n) is 2.48. The van der Waals surface area contributed by atoms with Gasteiger partial charge in [0.25, 0.3) is 0 Å². The van der Waals surface area contributed by atoms with Crippen LogP contribution in [0.5, 0.6) is 11.5 Å². The Labute approximate surface area is 122 Å². The first kappa shape index (κ1) is 15.9. The van der Waals surface area contributed by atoms with Crippen molar-refractivity contribution in [3.05, 3.63) is 24.3 Å². The van der Waals surface area contributed by atoms with Crippen molar-refractivity contribution in [1.29, 1.82) is 0 Å². The number of halogens is 3. The molecule has 3 nitrogen and oxygen atoms in total. The molecule has 0 aromatic heterocycles. The van der Waals surface area contributed by atoms with E-state index in [1.807, 2.05) is 0 Å². The molecule has 1 aromatic rings. The Morgan fingerprint density at radius 3 is 2.24 bits per heavy atom. The van der Waals surface area contributed by atoms with E-state index in [9.17, 15) is 13.2 Å². The van der Waals surface area contributed by atoms with Crippen LogP contribution in [0.15, 0.2) is 24.3 Å². The van der Waals surface area contributed by atoms with Crippen LogP contribution >= 0.6 is 0 Å². The number of hydrogen-bond donors (Lipinski definition) is 1. The molecule has 1 aliphatic rings. The third-order valence-corrected chi connectivity index (χ3v) is 3.47. The van der Waals surface area contributed by atoms with Crippen LogP contribution in [-0.2, 0) is 0 Å². The largest absolute Gasteiger partial charge is 0.573 e. The van der Waals surface area contributed by atoms with Crippen molar-refractivity contribution in [2.45, 2.75) is 44.5 Å². The predicted molar refractivity (Wildman–Crippen MR) is 73.5 cm³/mol. The van der Waals surface area contributed by atoms with Crippen molar-refractivity contribution in [1.82, 2.24) is 5.32 Å². The Kier molecular flexibility index (Phi) is 5.73. The molecule has 0 spiro atoms. The summed E-state index contributed by atoms with van der Waals surface area (Å²) in [4.78, 5) is 0. The van der Waals surface area contributed by atoms with E-state index in [0.717, 1.165) is 6.54 Å². The van der Waals surface area contributed by atoms with Crippen LogP contribution in [0.3, 0.4) is 0 Å². The molecule has 0 atom stereocenters. The van der Waals surface area contributed by atoms with Crippen LogP contribution in [-0.4, -0.2) is 25.6 Å². The van der Waals surface area contributed by atoms with Gasteiger partial charge in [-0.15, -0.1) is 13.2 Å². The lowest BCUT2D eigenvalue weighted by Crippen LogP contribution is -2.34. The highest BCUT2D eigenvalue weighted by molar-refractivity contribution is 5.31. The first-order valence-electron chi connectivity index (χ1n) is 7.25. The maximum atomic E-state index is 12.0. The predicted octanol–water partition coefficient (Wildman–Crippen LogP) is 3.89. The minimum absolute atomic E-state index is 0.241. The Balaban J connectivity index is 1.66. The normalized spacial score (nSPS) is 16.7. The van der Waals surface area contributed by atoms with Gasteiger partial charge in [0.1, 0.15) is 18.1 Å². The molecule has 0 heterocycles. The number of nitrogens with one attached hydrogen (secondary N) is 1. The molecule has 0 amide bonds. The molecule has 0 saturated heterocycles. The molecular formula is C15H20F3NO2. The zero-order valence-corrected chi connectivity index (χ0v) is 11.8. The third-order valence-electron chi connectivity index (χ3n) is 3.47. The Morgan fingerprint density at radius 2 is 1.62 bits per heavy atom. The molecule has 21 heavy (non-hydrogen) atoms. The zero-order valence-electron chi connectivity index (χ0n) is 11.8. The van der Waals surface area contributed by atoms with E-state index in [1.54, 1.807) is 0 Å². The summed E-state index contributed by atoms with van der Waals surface area (Å²) >= 11 is 0. The van der Waals surface area contributed by atoms with E-state index in [4.69, 9.17) is 4.74 Å². The Hall–Kier alpha value is -1.43. The second kappa shape index (κ2) is 7.54. The average Bonchev–Trinajstić information content (AvgIpc) is 2.45. The number of ether oxygens (including phenoxy) is 2. The number of benzene rings is 1. The van der Waals surface area contributed by atoms with Crippen LogP contribution in [0.2, 0.25) is 0 Å². The van der Waals surface area contributed by atoms with Gasteiger partial charge in [0.15, 0.2) is 0 Å². The van der Waals surface area contributed by atoms with Crippen molar-refractivity contribution in [2.24, 2.45) is 0 Å². The van der Waals surface area contributed by atoms with E-state index in [2.05, 4.69) is 10.1 Å². The van der Waals surface area contributed by atoms with Crippen molar-refractivity contribution in [3.63, 3.8) is 0 Å². The maximum absolute atomic E-state index is 12.0. The second-order valence-corrected chi connectivity index (χ2v) is 5.16. The molecule has 0 bridgehead atoms. The minimum Gasteiger partial charge on any atom is -0.492 e. The minimum atomic E-state index is -4.66. The molecule has 0 radical (unpaired) electrons. The lowest BCUT2D eigenvalue weighted by molar-refractivity contribution is -0.274. The highest BCUT2D eigenvalue weighted by atomic mass is 19.4. The fraction of sp³-hybridized carbons (Fsp3) is 0.600. The van der Waals surface area contributed by atoms with Crippen LogP contribution in [0.1, 0.15) is 32.1 Å². The standard InChI is InChI=1S/C15H20F3NO2/c16-15(17,18)21-14-8-6-13(7-9-14)20-11-10-19-12-4-2-1-3-5-12/h6-9,12,19H,1-5,10-11H2. The van der Waals surface area contributed by atoms with Gasteiger partial charge in [-0.2, -0.15) is 0 Å². The lowest BCUT2D eigenvalue weighted by atomic mass is 9.96. The molecule has 1 fully saturated rings. The summed E-state index contributed by atoms with van der Waals surface area (Å²) in [6, 6.07) is 6.02. The van der Waals surface area contributed by atoms with Crippen LogP contribution in [0, 0.1) is 0 Å². The molecule has 1 aliphatic carbocycles. The quantitative estimate of drug-likeness (QED) is 0.809. The molecule has 1 saturated carbocycles. The van der Waals surface area contributed by atoms with Gasteiger partial charge < -0.3 is 14.8 Å². The van der Waals surface area contributed by atoms with Gasteiger partial charge in [-0.25, -0.2) is 0 Å². The Morgan fingerprint density at radius 1 is 1.00 bits per heavy atom. The molecule has 6 heteroatoms. The molecule has 0 aliphatic heterocycles. The molecule has 1 N–H and O–H groups in total. The van der Waals surface area contributed by atoms with Crippen molar-refractivity contribution < 1.29 is 22.6 Å². The molecular weight excluding hydrogens is 283 g/mol. The van der Waals surface area contributed by atoms with Gasteiger partial charge in [0.2, 0.25) is 0 Å². The number of alkyl halides is 3. The monoisotopic (exact) mass is 303 g/mol. The average molecular weight is 303 g/mol. The summed E-state index contributed by atoms with van der Waals surface area (Å²) in [5.74, 6) is 0.296. The summed E-state index contributed by atoms with van der Waals surface area (Å²) in [6.07, 6.45) is 1.64. The van der Waals surface area contributed by atoms with Gasteiger partial charge in [-0.3, -0.25) is 0 Å². The first-order chi connectivity index (χ1) is 10.0. The van der Waals surface area contributed by atoms with Crippen LogP contribution in [0.4, 0.5) is 13.2 Å². The van der Waals surface area contributed by atoms with Crippen LogP contribution in [0.25, 0.3) is 0 Å². The summed E-state index contributed by atoms with van der Waals surface area (Å²) in [5.41, 5.74) is 0. The number of hydrogen-bond acceptors (Lipinski definition) is 3. The van der Waals surface area contributed by atoms with Crippen LogP contribution < -0.4 is 14.8 Å². The van der Waals surface area contributed by atoms with Crippen molar-refractivity contribution in [2.75, 3.05) is 13.2 Å². The summed E-state index contributed by atoms with van der Waals surface area (Å²) in [5, 5.41) is 3.44. The summed E-state index contributed by atoms with van der Waals surface area (Å²) in [6.45, 7) is 1.24. The smallest absolute Gasteiger partial charge is 0.492 e. The summed E-state index contributed by atoms with van der Waals surface area (Å²) < 4.78 is 45.3. The third kappa shape index (κ3) is 6.25. The van der Waals surface area contributed by atoms with E-state index < -0.39 is 6.36 Å². The van der Waals surface area contributed by atoms with E-state index in [1.165, 1.54) is 56.4 Å². The molecule has 2 rings (SSSR count). The number of rotatable bonds is 6.